The maximum absolute atomic E-state index is 10.2. The molecule has 3 aromatic rings. The topological polar surface area (TPSA) is 23.5 Å². The van der Waals surface area contributed by atoms with Crippen LogP contribution in [0.5, 0.6) is 5.75 Å². The largest absolute Gasteiger partial charge is 0.507 e. The van der Waals surface area contributed by atoms with Gasteiger partial charge in [0.2, 0.25) is 0 Å². The van der Waals surface area contributed by atoms with Gasteiger partial charge in [-0.25, -0.2) is 0 Å². The number of anilines is 1. The third-order valence-electron chi connectivity index (χ3n) is 3.43. The maximum Gasteiger partial charge on any atom is 0.130 e. The third-order valence-corrected chi connectivity index (χ3v) is 4.57. The zero-order chi connectivity index (χ0) is 14.8. The van der Waals surface area contributed by atoms with E-state index in [0.717, 1.165) is 20.6 Å². The summed E-state index contributed by atoms with van der Waals surface area (Å²) in [5.74, 6) is 0.329. The average molecular weight is 295 g/mol. The predicted molar refractivity (Wildman–Crippen MR) is 90.5 cm³/mol. The fourth-order valence-electron chi connectivity index (χ4n) is 2.27. The molecule has 0 unspecified atom stereocenters. The first-order valence-electron chi connectivity index (χ1n) is 6.81. The molecule has 0 saturated carbocycles. The minimum Gasteiger partial charge on any atom is -0.507 e. The summed E-state index contributed by atoms with van der Waals surface area (Å²) in [5.41, 5.74) is 1.17. The van der Waals surface area contributed by atoms with Crippen molar-refractivity contribution in [1.29, 1.82) is 0 Å². The van der Waals surface area contributed by atoms with E-state index in [9.17, 15) is 5.11 Å². The number of nitrogens with zero attached hydrogens (tertiary/aromatic N) is 1. The molecule has 0 aliphatic carbocycles. The van der Waals surface area contributed by atoms with Gasteiger partial charge in [0.15, 0.2) is 0 Å². The maximum atomic E-state index is 10.2. The van der Waals surface area contributed by atoms with Crippen LogP contribution >= 0.6 is 11.8 Å². The number of rotatable bonds is 3. The number of aromatic hydroxyl groups is 1. The van der Waals surface area contributed by atoms with Gasteiger partial charge in [0.25, 0.3) is 0 Å². The Hall–Kier alpha value is -2.13. The molecule has 0 aliphatic heterocycles. The van der Waals surface area contributed by atoms with E-state index in [2.05, 4.69) is 35.2 Å². The van der Waals surface area contributed by atoms with Crippen LogP contribution in [-0.2, 0) is 0 Å². The highest BCUT2D eigenvalue weighted by molar-refractivity contribution is 7.99. The molecule has 0 amide bonds. The van der Waals surface area contributed by atoms with Gasteiger partial charge in [-0.2, -0.15) is 0 Å². The SMILES string of the molecule is CN(C)c1ccc(Sc2c(O)ccc3ccccc23)cc1. The highest BCUT2D eigenvalue weighted by Crippen LogP contribution is 2.40. The lowest BCUT2D eigenvalue weighted by Gasteiger charge is -2.13. The second-order valence-corrected chi connectivity index (χ2v) is 6.21. The summed E-state index contributed by atoms with van der Waals surface area (Å²) < 4.78 is 0. The normalized spacial score (nSPS) is 10.8. The molecule has 0 atom stereocenters. The number of hydrogen-bond acceptors (Lipinski definition) is 3. The fourth-order valence-corrected chi connectivity index (χ4v) is 3.25. The number of phenolic OH excluding ortho intramolecular Hbond substituents is 1. The Kier molecular flexibility index (Phi) is 3.76. The fraction of sp³-hybridized carbons (Fsp3) is 0.111. The van der Waals surface area contributed by atoms with E-state index in [-0.39, 0.29) is 0 Å². The number of benzene rings is 3. The van der Waals surface area contributed by atoms with E-state index >= 15 is 0 Å². The van der Waals surface area contributed by atoms with Gasteiger partial charge in [0.05, 0.1) is 4.90 Å². The van der Waals surface area contributed by atoms with Crippen LogP contribution in [0.15, 0.2) is 70.5 Å². The molecule has 3 heteroatoms. The Morgan fingerprint density at radius 3 is 2.29 bits per heavy atom. The lowest BCUT2D eigenvalue weighted by molar-refractivity contribution is 0.464. The molecule has 0 aromatic heterocycles. The molecule has 0 fully saturated rings. The molecule has 3 rings (SSSR count). The van der Waals surface area contributed by atoms with Crippen molar-refractivity contribution in [3.63, 3.8) is 0 Å². The molecule has 106 valence electrons. The predicted octanol–water partition coefficient (Wildman–Crippen LogP) is 4.76. The highest BCUT2D eigenvalue weighted by atomic mass is 32.2. The number of fused-ring (bicyclic) bond motifs is 1. The summed E-state index contributed by atoms with van der Waals surface area (Å²) in [7, 11) is 4.05. The van der Waals surface area contributed by atoms with Gasteiger partial charge >= 0.3 is 0 Å². The van der Waals surface area contributed by atoms with E-state index in [1.165, 1.54) is 5.69 Å². The molecule has 0 heterocycles. The first-order chi connectivity index (χ1) is 10.1. The Morgan fingerprint density at radius 2 is 1.57 bits per heavy atom. The standard InChI is InChI=1S/C18H17NOS/c1-19(2)14-8-10-15(11-9-14)21-18-16-6-4-3-5-13(16)7-12-17(18)20/h3-12,20H,1-2H3. The summed E-state index contributed by atoms with van der Waals surface area (Å²) in [4.78, 5) is 4.10. The zero-order valence-electron chi connectivity index (χ0n) is 12.1. The van der Waals surface area contributed by atoms with E-state index in [0.29, 0.717) is 5.75 Å². The summed E-state index contributed by atoms with van der Waals surface area (Å²) >= 11 is 1.60. The molecule has 0 aliphatic rings. The Labute approximate surface area is 129 Å². The minimum atomic E-state index is 0.329. The van der Waals surface area contributed by atoms with Crippen molar-refractivity contribution < 1.29 is 5.11 Å². The second-order valence-electron chi connectivity index (χ2n) is 5.13. The van der Waals surface area contributed by atoms with Crippen molar-refractivity contribution in [2.24, 2.45) is 0 Å². The first-order valence-corrected chi connectivity index (χ1v) is 7.63. The van der Waals surface area contributed by atoms with Crippen molar-refractivity contribution in [2.45, 2.75) is 9.79 Å². The van der Waals surface area contributed by atoms with Gasteiger partial charge in [-0.3, -0.25) is 0 Å². The Morgan fingerprint density at radius 1 is 0.857 bits per heavy atom. The van der Waals surface area contributed by atoms with Crippen molar-refractivity contribution in [3.8, 4) is 5.75 Å². The van der Waals surface area contributed by atoms with Gasteiger partial charge in [0, 0.05) is 24.7 Å². The van der Waals surface area contributed by atoms with Gasteiger partial charge in [-0.05, 0) is 41.1 Å². The van der Waals surface area contributed by atoms with E-state index in [4.69, 9.17) is 0 Å². The number of hydrogen-bond donors (Lipinski definition) is 1. The molecule has 1 N–H and O–H groups in total. The van der Waals surface area contributed by atoms with Crippen LogP contribution < -0.4 is 4.90 Å². The van der Waals surface area contributed by atoms with Crippen LogP contribution in [0.3, 0.4) is 0 Å². The van der Waals surface area contributed by atoms with E-state index < -0.39 is 0 Å². The summed E-state index contributed by atoms with van der Waals surface area (Å²) in [5, 5.41) is 12.4. The van der Waals surface area contributed by atoms with Crippen LogP contribution in [0.4, 0.5) is 5.69 Å². The molecule has 0 radical (unpaired) electrons. The average Bonchev–Trinajstić information content (AvgIpc) is 2.51. The lowest BCUT2D eigenvalue weighted by atomic mass is 10.1. The van der Waals surface area contributed by atoms with Crippen LogP contribution in [0.25, 0.3) is 10.8 Å². The Balaban J connectivity index is 1.99. The van der Waals surface area contributed by atoms with Gasteiger partial charge in [0.1, 0.15) is 5.75 Å². The van der Waals surface area contributed by atoms with Gasteiger partial charge in [-0.15, -0.1) is 0 Å². The molecular weight excluding hydrogens is 278 g/mol. The zero-order valence-corrected chi connectivity index (χ0v) is 12.9. The van der Waals surface area contributed by atoms with E-state index in [1.54, 1.807) is 17.8 Å². The third kappa shape index (κ3) is 2.83. The van der Waals surface area contributed by atoms with Gasteiger partial charge < -0.3 is 10.0 Å². The Bertz CT molecular complexity index is 766. The smallest absolute Gasteiger partial charge is 0.130 e. The second kappa shape index (κ2) is 5.70. The minimum absolute atomic E-state index is 0.329. The molecule has 0 bridgehead atoms. The molecule has 3 aromatic carbocycles. The van der Waals surface area contributed by atoms with Crippen LogP contribution in [-0.4, -0.2) is 19.2 Å². The van der Waals surface area contributed by atoms with Crippen molar-refractivity contribution in [3.05, 3.63) is 60.7 Å². The quantitative estimate of drug-likeness (QED) is 0.753. The van der Waals surface area contributed by atoms with Crippen molar-refractivity contribution >= 4 is 28.2 Å². The van der Waals surface area contributed by atoms with Crippen molar-refractivity contribution in [2.75, 3.05) is 19.0 Å². The van der Waals surface area contributed by atoms with Crippen LogP contribution in [0, 0.1) is 0 Å². The summed E-state index contributed by atoms with van der Waals surface area (Å²) in [6, 6.07) is 20.2. The lowest BCUT2D eigenvalue weighted by Crippen LogP contribution is -2.07. The molecule has 0 saturated heterocycles. The molecule has 0 spiro atoms. The molecular formula is C18H17NOS. The summed E-state index contributed by atoms with van der Waals surface area (Å²) in [6.45, 7) is 0. The molecule has 21 heavy (non-hydrogen) atoms. The molecule has 2 nitrogen and oxygen atoms in total. The monoisotopic (exact) mass is 295 g/mol. The van der Waals surface area contributed by atoms with Crippen LogP contribution in [0.2, 0.25) is 0 Å². The van der Waals surface area contributed by atoms with Crippen molar-refractivity contribution in [1.82, 2.24) is 0 Å². The highest BCUT2D eigenvalue weighted by Gasteiger charge is 2.08. The van der Waals surface area contributed by atoms with E-state index in [1.807, 2.05) is 38.4 Å². The first kappa shape index (κ1) is 13.8. The van der Waals surface area contributed by atoms with Gasteiger partial charge in [-0.1, -0.05) is 42.1 Å². The van der Waals surface area contributed by atoms with Crippen LogP contribution in [0.1, 0.15) is 0 Å². The number of phenols is 1. The summed E-state index contributed by atoms with van der Waals surface area (Å²) in [6.07, 6.45) is 0.